The minimum Gasteiger partial charge on any atom is -0.480 e. The lowest BCUT2D eigenvalue weighted by Crippen LogP contribution is -2.54. The molecule has 0 aromatic carbocycles. The Morgan fingerprint density at radius 3 is 2.19 bits per heavy atom. The van der Waals surface area contributed by atoms with E-state index in [1.165, 1.54) is 6.92 Å². The van der Waals surface area contributed by atoms with Gasteiger partial charge in [-0.1, -0.05) is 0 Å². The van der Waals surface area contributed by atoms with Gasteiger partial charge in [-0.05, 0) is 27.7 Å². The van der Waals surface area contributed by atoms with Gasteiger partial charge < -0.3 is 36.3 Å². The molecule has 1 aliphatic rings. The van der Waals surface area contributed by atoms with Gasteiger partial charge in [0, 0.05) is 6.54 Å². The van der Waals surface area contributed by atoms with E-state index in [9.17, 15) is 24.0 Å². The zero-order chi connectivity index (χ0) is 20.9. The Kier molecular flexibility index (Phi) is 7.11. The zero-order valence-corrected chi connectivity index (χ0v) is 15.4. The van der Waals surface area contributed by atoms with Crippen LogP contribution < -0.4 is 21.7 Å². The van der Waals surface area contributed by atoms with Gasteiger partial charge in [-0.2, -0.15) is 0 Å². The molecular formula is C15H24N4O8. The maximum atomic E-state index is 12.0. The smallest absolute Gasteiger partial charge is 0.408 e. The fourth-order valence-corrected chi connectivity index (χ4v) is 1.88. The molecule has 4 amide bonds. The highest BCUT2D eigenvalue weighted by Gasteiger charge is 2.49. The summed E-state index contributed by atoms with van der Waals surface area (Å²) < 4.78 is 9.75. The first-order valence-electron chi connectivity index (χ1n) is 8.07. The van der Waals surface area contributed by atoms with E-state index in [0.717, 1.165) is 0 Å². The van der Waals surface area contributed by atoms with Gasteiger partial charge in [0.25, 0.3) is 5.91 Å². The zero-order valence-electron chi connectivity index (χ0n) is 15.4. The number of epoxide rings is 1. The predicted octanol–water partition coefficient (Wildman–Crippen LogP) is -2.16. The molecule has 1 rings (SSSR count). The third kappa shape index (κ3) is 7.48. The molecule has 6 N–H and O–H groups in total. The number of rotatable bonds is 8. The van der Waals surface area contributed by atoms with Gasteiger partial charge in [0.2, 0.25) is 11.8 Å². The lowest BCUT2D eigenvalue weighted by molar-refractivity contribution is -0.142. The predicted molar refractivity (Wildman–Crippen MR) is 89.3 cm³/mol. The standard InChI is InChI=1S/C15H24N4O8/c1-6(18-14(25)27-15(2,3)4)11(21)19-7(13(23)24)5-17-12(22)9-8(26-9)10(16)20/h6-9H,5H2,1-4H3,(H2,16,20)(H,17,22)(H,18,25)(H,19,21)(H,23,24)/t6-,7-,8?,9?/m0/s1. The summed E-state index contributed by atoms with van der Waals surface area (Å²) in [6.45, 7) is 5.82. The van der Waals surface area contributed by atoms with E-state index in [-0.39, 0.29) is 0 Å². The molecule has 0 spiro atoms. The molecule has 0 aromatic rings. The van der Waals surface area contributed by atoms with Crippen molar-refractivity contribution in [3.63, 3.8) is 0 Å². The highest BCUT2D eigenvalue weighted by atomic mass is 16.6. The molecule has 27 heavy (non-hydrogen) atoms. The molecule has 1 heterocycles. The minimum atomic E-state index is -1.46. The maximum absolute atomic E-state index is 12.0. The van der Waals surface area contributed by atoms with Crippen molar-refractivity contribution in [2.45, 2.75) is 57.6 Å². The van der Waals surface area contributed by atoms with E-state index in [1.807, 2.05) is 0 Å². The van der Waals surface area contributed by atoms with Gasteiger partial charge in [-0.15, -0.1) is 0 Å². The first kappa shape index (κ1) is 22.2. The number of primary amides is 1. The third-order valence-electron chi connectivity index (χ3n) is 3.25. The molecule has 152 valence electrons. The summed E-state index contributed by atoms with van der Waals surface area (Å²) in [6.07, 6.45) is -2.95. The summed E-state index contributed by atoms with van der Waals surface area (Å²) in [5.74, 6) is -3.73. The SMILES string of the molecule is C[C@H](NC(=O)OC(C)(C)C)C(=O)N[C@@H](CNC(=O)C1OC1C(N)=O)C(=O)O. The number of carboxylic acids is 1. The monoisotopic (exact) mass is 388 g/mol. The van der Waals surface area contributed by atoms with Crippen molar-refractivity contribution in [2.75, 3.05) is 6.54 Å². The molecule has 0 saturated carbocycles. The van der Waals surface area contributed by atoms with E-state index in [2.05, 4.69) is 16.0 Å². The average Bonchev–Trinajstić information content (AvgIpc) is 3.29. The second-order valence-corrected chi connectivity index (χ2v) is 6.89. The first-order valence-corrected chi connectivity index (χ1v) is 8.07. The van der Waals surface area contributed by atoms with Crippen molar-refractivity contribution < 1.29 is 38.6 Å². The molecule has 0 bridgehead atoms. The third-order valence-corrected chi connectivity index (χ3v) is 3.25. The summed E-state index contributed by atoms with van der Waals surface area (Å²) >= 11 is 0. The Bertz CT molecular complexity index is 630. The Morgan fingerprint density at radius 2 is 1.74 bits per heavy atom. The summed E-state index contributed by atoms with van der Waals surface area (Å²) in [5.41, 5.74) is 4.21. The van der Waals surface area contributed by atoms with Gasteiger partial charge >= 0.3 is 12.1 Å². The van der Waals surface area contributed by atoms with E-state index < -0.39 is 66.2 Å². The van der Waals surface area contributed by atoms with Gasteiger partial charge in [0.15, 0.2) is 12.2 Å². The van der Waals surface area contributed by atoms with Crippen molar-refractivity contribution in [3.8, 4) is 0 Å². The van der Waals surface area contributed by atoms with Crippen LogP contribution in [-0.4, -0.2) is 71.3 Å². The van der Waals surface area contributed by atoms with Crippen molar-refractivity contribution in [1.82, 2.24) is 16.0 Å². The van der Waals surface area contributed by atoms with E-state index in [4.69, 9.17) is 20.3 Å². The average molecular weight is 388 g/mol. The number of carboxylic acid groups (broad SMARTS) is 1. The summed E-state index contributed by atoms with van der Waals surface area (Å²) in [6, 6.07) is -2.54. The number of nitrogens with two attached hydrogens (primary N) is 1. The topological polar surface area (TPSA) is 189 Å². The number of ether oxygens (including phenoxy) is 2. The molecule has 4 atom stereocenters. The van der Waals surface area contributed by atoms with Crippen LogP contribution in [0, 0.1) is 0 Å². The molecule has 12 nitrogen and oxygen atoms in total. The molecule has 1 fully saturated rings. The van der Waals surface area contributed by atoms with Crippen molar-refractivity contribution in [2.24, 2.45) is 5.73 Å². The normalized spacial score (nSPS) is 20.6. The van der Waals surface area contributed by atoms with Crippen LogP contribution in [0.3, 0.4) is 0 Å². The molecule has 12 heteroatoms. The molecule has 1 saturated heterocycles. The summed E-state index contributed by atoms with van der Waals surface area (Å²) in [7, 11) is 0. The number of hydrogen-bond donors (Lipinski definition) is 5. The van der Waals surface area contributed by atoms with E-state index in [0.29, 0.717) is 0 Å². The van der Waals surface area contributed by atoms with Gasteiger partial charge in [0.1, 0.15) is 17.7 Å². The Hall–Kier alpha value is -2.89. The summed E-state index contributed by atoms with van der Waals surface area (Å²) in [4.78, 5) is 57.5. The number of hydrogen-bond acceptors (Lipinski definition) is 7. The lowest BCUT2D eigenvalue weighted by Gasteiger charge is -2.22. The van der Waals surface area contributed by atoms with Gasteiger partial charge in [-0.25, -0.2) is 9.59 Å². The number of alkyl carbamates (subject to hydrolysis) is 1. The number of amides is 4. The number of aliphatic carboxylic acids is 1. The Labute approximate surface area is 155 Å². The molecule has 0 radical (unpaired) electrons. The Morgan fingerprint density at radius 1 is 1.15 bits per heavy atom. The van der Waals surface area contributed by atoms with Crippen LogP contribution in [0.15, 0.2) is 0 Å². The fourth-order valence-electron chi connectivity index (χ4n) is 1.88. The van der Waals surface area contributed by atoms with Gasteiger partial charge in [0.05, 0.1) is 0 Å². The number of carbonyl (C=O) groups is 5. The fraction of sp³-hybridized carbons (Fsp3) is 0.667. The molecule has 0 aliphatic carbocycles. The van der Waals surface area contributed by atoms with Crippen LogP contribution in [0.1, 0.15) is 27.7 Å². The molecular weight excluding hydrogens is 364 g/mol. The number of carbonyl (C=O) groups excluding carboxylic acids is 4. The highest BCUT2D eigenvalue weighted by molar-refractivity contribution is 5.94. The minimum absolute atomic E-state index is 0.454. The van der Waals surface area contributed by atoms with Crippen molar-refractivity contribution >= 4 is 29.8 Å². The van der Waals surface area contributed by atoms with Crippen molar-refractivity contribution in [3.05, 3.63) is 0 Å². The second-order valence-electron chi connectivity index (χ2n) is 6.89. The van der Waals surface area contributed by atoms with E-state index >= 15 is 0 Å². The molecule has 1 aliphatic heterocycles. The second kappa shape index (κ2) is 8.66. The van der Waals surface area contributed by atoms with Crippen LogP contribution in [0.2, 0.25) is 0 Å². The lowest BCUT2D eigenvalue weighted by atomic mass is 10.2. The van der Waals surface area contributed by atoms with Crippen LogP contribution in [0.5, 0.6) is 0 Å². The van der Waals surface area contributed by atoms with Crippen LogP contribution in [0.4, 0.5) is 4.79 Å². The van der Waals surface area contributed by atoms with Gasteiger partial charge in [-0.3, -0.25) is 14.4 Å². The molecule has 2 unspecified atom stereocenters. The van der Waals surface area contributed by atoms with Crippen molar-refractivity contribution in [1.29, 1.82) is 0 Å². The highest BCUT2D eigenvalue weighted by Crippen LogP contribution is 2.21. The maximum Gasteiger partial charge on any atom is 0.408 e. The first-order chi connectivity index (χ1) is 12.3. The summed E-state index contributed by atoms with van der Waals surface area (Å²) in [5, 5.41) is 15.9. The largest absolute Gasteiger partial charge is 0.480 e. The van der Waals surface area contributed by atoms with E-state index in [1.54, 1.807) is 20.8 Å². The molecule has 0 aromatic heterocycles. The quantitative estimate of drug-likeness (QED) is 0.290. The number of nitrogens with one attached hydrogen (secondary N) is 3. The van der Waals surface area contributed by atoms with Crippen LogP contribution >= 0.6 is 0 Å². The Balaban J connectivity index is 2.50. The van der Waals surface area contributed by atoms with Crippen LogP contribution in [-0.2, 0) is 28.7 Å². The van der Waals surface area contributed by atoms with Crippen LogP contribution in [0.25, 0.3) is 0 Å².